The lowest BCUT2D eigenvalue weighted by atomic mass is 9.96. The SMILES string of the molecule is Cc1ccc2oc(C(=O)Nc3sc4c(c3C#N)CCCC4)cc(=O)c2c1. The van der Waals surface area contributed by atoms with Gasteiger partial charge in [-0.15, -0.1) is 11.3 Å². The molecule has 0 spiro atoms. The molecule has 0 atom stereocenters. The summed E-state index contributed by atoms with van der Waals surface area (Å²) in [4.78, 5) is 26.1. The summed E-state index contributed by atoms with van der Waals surface area (Å²) in [7, 11) is 0. The molecule has 0 unspecified atom stereocenters. The molecular formula is C20H16N2O3S. The standard InChI is InChI=1S/C20H16N2O3S/c1-11-6-7-16-13(8-11)15(23)9-17(25-16)19(24)22-20-14(10-21)12-4-2-3-5-18(12)26-20/h6-9H,2-5H2,1H3,(H,22,24). The molecular weight excluding hydrogens is 348 g/mol. The zero-order chi connectivity index (χ0) is 18.3. The summed E-state index contributed by atoms with van der Waals surface area (Å²) in [6.45, 7) is 1.89. The molecule has 5 nitrogen and oxygen atoms in total. The summed E-state index contributed by atoms with van der Waals surface area (Å²) in [5.74, 6) is -0.568. The van der Waals surface area contributed by atoms with E-state index in [0.717, 1.165) is 36.8 Å². The van der Waals surface area contributed by atoms with Crippen LogP contribution in [0.1, 0.15) is 45.0 Å². The number of aryl methyl sites for hydroxylation is 2. The Hall–Kier alpha value is -2.91. The quantitative estimate of drug-likeness (QED) is 0.740. The van der Waals surface area contributed by atoms with Gasteiger partial charge in [-0.25, -0.2) is 0 Å². The van der Waals surface area contributed by atoms with Gasteiger partial charge in [0.05, 0.1) is 10.9 Å². The van der Waals surface area contributed by atoms with Crippen molar-refractivity contribution >= 4 is 33.2 Å². The molecule has 0 saturated carbocycles. The monoisotopic (exact) mass is 364 g/mol. The third-order valence-corrected chi connectivity index (χ3v) is 5.82. The van der Waals surface area contributed by atoms with Crippen LogP contribution in [-0.2, 0) is 12.8 Å². The summed E-state index contributed by atoms with van der Waals surface area (Å²) in [5.41, 5.74) is 2.65. The second kappa shape index (κ2) is 6.43. The lowest BCUT2D eigenvalue weighted by molar-refractivity contribution is 0.0997. The predicted molar refractivity (Wildman–Crippen MR) is 101 cm³/mol. The largest absolute Gasteiger partial charge is 0.451 e. The zero-order valence-electron chi connectivity index (χ0n) is 14.2. The Labute approximate surface area is 153 Å². The number of benzene rings is 1. The van der Waals surface area contributed by atoms with Crippen molar-refractivity contribution in [1.29, 1.82) is 5.26 Å². The molecule has 0 radical (unpaired) electrons. The minimum absolute atomic E-state index is 0.0541. The Bertz CT molecular complexity index is 1130. The minimum Gasteiger partial charge on any atom is -0.451 e. The van der Waals surface area contributed by atoms with Gasteiger partial charge >= 0.3 is 0 Å². The molecule has 6 heteroatoms. The van der Waals surface area contributed by atoms with Gasteiger partial charge in [0, 0.05) is 10.9 Å². The summed E-state index contributed by atoms with van der Waals surface area (Å²) >= 11 is 1.45. The minimum atomic E-state index is -0.514. The van der Waals surface area contributed by atoms with Crippen molar-refractivity contribution in [2.45, 2.75) is 32.6 Å². The number of nitrogens with zero attached hydrogens (tertiary/aromatic N) is 1. The molecule has 1 N–H and O–H groups in total. The number of carbonyl (C=O) groups excluding carboxylic acids is 1. The number of carbonyl (C=O) groups is 1. The molecule has 1 amide bonds. The maximum Gasteiger partial charge on any atom is 0.292 e. The number of anilines is 1. The van der Waals surface area contributed by atoms with Gasteiger partial charge in [-0.1, -0.05) is 11.6 Å². The second-order valence-corrected chi connectivity index (χ2v) is 7.56. The van der Waals surface area contributed by atoms with Gasteiger partial charge in [-0.2, -0.15) is 5.26 Å². The Morgan fingerprint density at radius 2 is 2.08 bits per heavy atom. The summed E-state index contributed by atoms with van der Waals surface area (Å²) < 4.78 is 5.62. The number of rotatable bonds is 2. The zero-order valence-corrected chi connectivity index (χ0v) is 15.0. The predicted octanol–water partition coefficient (Wildman–Crippen LogP) is 4.17. The van der Waals surface area contributed by atoms with Crippen LogP contribution in [0.4, 0.5) is 5.00 Å². The summed E-state index contributed by atoms with van der Waals surface area (Å²) in [6, 6.07) is 8.67. The van der Waals surface area contributed by atoms with Crippen LogP contribution in [0.15, 0.2) is 33.5 Å². The van der Waals surface area contributed by atoms with Crippen LogP contribution < -0.4 is 10.7 Å². The molecule has 0 saturated heterocycles. The lowest BCUT2D eigenvalue weighted by Gasteiger charge is -2.09. The molecule has 4 rings (SSSR count). The molecule has 1 aliphatic carbocycles. The number of nitrogens with one attached hydrogen (secondary N) is 1. The fourth-order valence-electron chi connectivity index (χ4n) is 3.32. The van der Waals surface area contributed by atoms with Gasteiger partial charge in [0.15, 0.2) is 11.2 Å². The summed E-state index contributed by atoms with van der Waals surface area (Å²) in [6.07, 6.45) is 3.97. The smallest absolute Gasteiger partial charge is 0.292 e. The van der Waals surface area contributed by atoms with Crippen LogP contribution >= 0.6 is 11.3 Å². The number of hydrogen-bond acceptors (Lipinski definition) is 5. The fraction of sp³-hybridized carbons (Fsp3) is 0.250. The molecule has 0 bridgehead atoms. The highest BCUT2D eigenvalue weighted by atomic mass is 32.1. The van der Waals surface area contributed by atoms with E-state index in [9.17, 15) is 14.9 Å². The molecule has 1 aromatic carbocycles. The van der Waals surface area contributed by atoms with Gasteiger partial charge in [0.25, 0.3) is 5.91 Å². The van der Waals surface area contributed by atoms with Crippen LogP contribution in [-0.4, -0.2) is 5.91 Å². The van der Waals surface area contributed by atoms with Crippen LogP contribution in [0.25, 0.3) is 11.0 Å². The van der Waals surface area contributed by atoms with Crippen molar-refractivity contribution < 1.29 is 9.21 Å². The lowest BCUT2D eigenvalue weighted by Crippen LogP contribution is -2.15. The molecule has 1 aliphatic rings. The number of thiophene rings is 1. The maximum atomic E-state index is 12.6. The fourth-order valence-corrected chi connectivity index (χ4v) is 4.55. The Morgan fingerprint density at radius 1 is 1.27 bits per heavy atom. The topological polar surface area (TPSA) is 83.1 Å². The van der Waals surface area contributed by atoms with Crippen molar-refractivity contribution in [3.63, 3.8) is 0 Å². The molecule has 0 aliphatic heterocycles. The van der Waals surface area contributed by atoms with Gasteiger partial charge < -0.3 is 9.73 Å². The first-order valence-corrected chi connectivity index (χ1v) is 9.29. The van der Waals surface area contributed by atoms with Crippen LogP contribution in [0.3, 0.4) is 0 Å². The highest BCUT2D eigenvalue weighted by Gasteiger charge is 2.23. The van der Waals surface area contributed by atoms with E-state index in [-0.39, 0.29) is 11.2 Å². The Kier molecular flexibility index (Phi) is 4.09. The first-order chi connectivity index (χ1) is 12.6. The third-order valence-electron chi connectivity index (χ3n) is 4.62. The maximum absolute atomic E-state index is 12.6. The van der Waals surface area contributed by atoms with E-state index in [4.69, 9.17) is 4.42 Å². The van der Waals surface area contributed by atoms with Gasteiger partial charge in [0.1, 0.15) is 16.7 Å². The first kappa shape index (κ1) is 16.6. The molecule has 2 aromatic heterocycles. The molecule has 2 heterocycles. The van der Waals surface area contributed by atoms with E-state index < -0.39 is 5.91 Å². The molecule has 130 valence electrons. The first-order valence-electron chi connectivity index (χ1n) is 8.47. The molecule has 0 fully saturated rings. The van der Waals surface area contributed by atoms with Crippen LogP contribution in [0.5, 0.6) is 0 Å². The Morgan fingerprint density at radius 3 is 2.88 bits per heavy atom. The van der Waals surface area contributed by atoms with Crippen LogP contribution in [0.2, 0.25) is 0 Å². The van der Waals surface area contributed by atoms with Crippen molar-refractivity contribution in [2.24, 2.45) is 0 Å². The number of amides is 1. The van der Waals surface area contributed by atoms with Crippen molar-refractivity contribution in [3.05, 3.63) is 61.8 Å². The van der Waals surface area contributed by atoms with Crippen LogP contribution in [0, 0.1) is 18.3 Å². The van der Waals surface area contributed by atoms with Gasteiger partial charge in [0.2, 0.25) is 0 Å². The van der Waals surface area contributed by atoms with Gasteiger partial charge in [-0.05, 0) is 50.3 Å². The van der Waals surface area contributed by atoms with E-state index >= 15 is 0 Å². The van der Waals surface area contributed by atoms with E-state index in [2.05, 4.69) is 11.4 Å². The average Bonchev–Trinajstić information content (AvgIpc) is 2.99. The van der Waals surface area contributed by atoms with Gasteiger partial charge in [-0.3, -0.25) is 9.59 Å². The van der Waals surface area contributed by atoms with Crippen molar-refractivity contribution in [2.75, 3.05) is 5.32 Å². The number of fused-ring (bicyclic) bond motifs is 2. The number of hydrogen-bond donors (Lipinski definition) is 1. The van der Waals surface area contributed by atoms with E-state index in [0.29, 0.717) is 21.5 Å². The van der Waals surface area contributed by atoms with E-state index in [1.807, 2.05) is 13.0 Å². The van der Waals surface area contributed by atoms with E-state index in [1.54, 1.807) is 12.1 Å². The highest BCUT2D eigenvalue weighted by Crippen LogP contribution is 2.37. The third kappa shape index (κ3) is 2.80. The second-order valence-electron chi connectivity index (χ2n) is 6.46. The van der Waals surface area contributed by atoms with Crippen molar-refractivity contribution in [1.82, 2.24) is 0 Å². The van der Waals surface area contributed by atoms with Crippen molar-refractivity contribution in [3.8, 4) is 6.07 Å². The number of nitriles is 1. The average molecular weight is 364 g/mol. The summed E-state index contributed by atoms with van der Waals surface area (Å²) in [5, 5.41) is 13.2. The molecule has 26 heavy (non-hydrogen) atoms. The highest BCUT2D eigenvalue weighted by molar-refractivity contribution is 7.16. The normalized spacial score (nSPS) is 13.2. The molecule has 3 aromatic rings. The van der Waals surface area contributed by atoms with E-state index in [1.165, 1.54) is 22.3 Å². The Balaban J connectivity index is 1.70.